The molecule has 0 bridgehead atoms. The monoisotopic (exact) mass is 1340 g/mol. The van der Waals surface area contributed by atoms with Crippen molar-refractivity contribution in [3.8, 4) is 89.0 Å². The molecule has 0 N–H and O–H groups in total. The summed E-state index contributed by atoms with van der Waals surface area (Å²) in [6.07, 6.45) is 5.96. The van der Waals surface area contributed by atoms with Crippen molar-refractivity contribution in [1.82, 2.24) is 9.97 Å². The lowest BCUT2D eigenvalue weighted by atomic mass is 9.88. The van der Waals surface area contributed by atoms with Crippen molar-refractivity contribution in [2.24, 2.45) is 0 Å². The Labute approximate surface area is 613 Å². The van der Waals surface area contributed by atoms with Crippen LogP contribution in [0.3, 0.4) is 0 Å². The number of fused-ring (bicyclic) bond motifs is 16. The smallest absolute Gasteiger partial charge is 0.0735 e. The Bertz CT molecular complexity index is 6490. The van der Waals surface area contributed by atoms with Crippen LogP contribution >= 0.6 is 0 Å². The van der Waals surface area contributed by atoms with Gasteiger partial charge in [0, 0.05) is 51.1 Å². The summed E-state index contributed by atoms with van der Waals surface area (Å²) in [4.78, 5) is 14.5. The van der Waals surface area contributed by atoms with Crippen molar-refractivity contribution in [2.45, 2.75) is 0 Å². The van der Waals surface area contributed by atoms with Crippen LogP contribution < -0.4 is 9.80 Å². The number of benzene rings is 18. The maximum atomic E-state index is 4.90. The van der Waals surface area contributed by atoms with E-state index in [1.165, 1.54) is 170 Å². The molecule has 0 aliphatic carbocycles. The van der Waals surface area contributed by atoms with E-state index >= 15 is 0 Å². The zero-order valence-corrected chi connectivity index (χ0v) is 57.7. The summed E-state index contributed by atoms with van der Waals surface area (Å²) in [5.74, 6) is 0. The Morgan fingerprint density at radius 2 is 0.547 bits per heavy atom. The second-order valence-electron chi connectivity index (χ2n) is 27.9. The molecule has 0 unspecified atom stereocenters. The molecule has 0 amide bonds. The Hall–Kier alpha value is -14.1. The third-order valence-electron chi connectivity index (χ3n) is 22.0. The molecule has 0 fully saturated rings. The van der Waals surface area contributed by atoms with Gasteiger partial charge in [-0.2, -0.15) is 0 Å². The Morgan fingerprint density at radius 1 is 0.189 bits per heavy atom. The SMILES string of the molecule is c1ccc(-c2cc3c4c(ccnc4c2)N(c2cccc(-c4cccc(-c5ccc6c7ccccc7c7ccccc7c6c5)c4)c2)c2ccccc2-3)cc1.c1ccc(-c2cc3c4c(cncc4c2)N(c2cccc(-c4cccc(-c5ccc6c7ccccc7c7ccccc7c6c5)c4)c2)c2ccccc2-3)cc1. The van der Waals surface area contributed by atoms with Gasteiger partial charge in [0.2, 0.25) is 0 Å². The molecule has 0 spiro atoms. The van der Waals surface area contributed by atoms with E-state index in [2.05, 4.69) is 380 Å². The van der Waals surface area contributed by atoms with E-state index in [1.807, 2.05) is 18.6 Å². The van der Waals surface area contributed by atoms with Gasteiger partial charge in [-0.15, -0.1) is 0 Å². The molecule has 0 radical (unpaired) electrons. The second-order valence-corrected chi connectivity index (χ2v) is 27.9. The largest absolute Gasteiger partial charge is 0.309 e. The topological polar surface area (TPSA) is 32.3 Å². The highest BCUT2D eigenvalue weighted by Crippen LogP contribution is 2.54. The van der Waals surface area contributed by atoms with E-state index in [-0.39, 0.29) is 0 Å². The molecule has 4 heteroatoms. The van der Waals surface area contributed by atoms with E-state index in [1.54, 1.807) is 0 Å². The predicted octanol–water partition coefficient (Wildman–Crippen LogP) is 28.3. The van der Waals surface area contributed by atoms with Crippen LogP contribution in [0.15, 0.2) is 389 Å². The zero-order valence-electron chi connectivity index (χ0n) is 57.7. The normalized spacial score (nSPS) is 12.1. The van der Waals surface area contributed by atoms with Gasteiger partial charge in [0.05, 0.1) is 34.5 Å². The summed E-state index contributed by atoms with van der Waals surface area (Å²) in [6, 6.07) is 135. The molecule has 2 aromatic heterocycles. The van der Waals surface area contributed by atoms with Gasteiger partial charge in [-0.25, -0.2) is 0 Å². The number of pyridine rings is 2. The molecule has 18 aromatic carbocycles. The molecule has 2 aliphatic rings. The molecule has 0 saturated carbocycles. The molecule has 492 valence electrons. The van der Waals surface area contributed by atoms with Gasteiger partial charge in [-0.3, -0.25) is 9.97 Å². The highest BCUT2D eigenvalue weighted by atomic mass is 15.2. The molecular weight excluding hydrogens is 1280 g/mol. The first kappa shape index (κ1) is 60.7. The quantitative estimate of drug-likeness (QED) is 0.142. The third-order valence-corrected chi connectivity index (χ3v) is 22.0. The fraction of sp³-hybridized carbons (Fsp3) is 0. The first-order chi connectivity index (χ1) is 52.6. The van der Waals surface area contributed by atoms with Crippen molar-refractivity contribution in [2.75, 3.05) is 9.80 Å². The van der Waals surface area contributed by atoms with Crippen molar-refractivity contribution in [3.05, 3.63) is 389 Å². The van der Waals surface area contributed by atoms with E-state index < -0.39 is 0 Å². The fourth-order valence-electron chi connectivity index (χ4n) is 17.1. The Morgan fingerprint density at radius 3 is 1.02 bits per heavy atom. The maximum absolute atomic E-state index is 4.90. The van der Waals surface area contributed by atoms with Crippen LogP contribution in [0, 0.1) is 0 Å². The van der Waals surface area contributed by atoms with Crippen molar-refractivity contribution in [3.63, 3.8) is 0 Å². The number of rotatable bonds is 8. The standard InChI is InChI=1S/2C51H32N2/c1-2-12-33(13-3-1)38-27-39-31-52-32-50-51(39)48(30-38)46-22-8-9-23-49(46)53(50)40-17-11-16-36(28-40)34-14-10-15-35(26-34)37-24-25-45-43-20-5-4-18-41(43)42-19-6-7-21-44(42)47(45)29-37;1-2-12-33(13-3-1)38-31-47-45-22-8-9-23-49(45)53(50-26-27-52-48(32-38)51(47)50)39-17-11-16-36(29-39)34-14-10-15-35(28-34)37-24-25-44-42-20-5-4-18-40(42)41-19-6-7-21-43(41)46(44)30-37/h2*1-32H. The maximum Gasteiger partial charge on any atom is 0.0735 e. The Kier molecular flexibility index (Phi) is 14.2. The number of aromatic nitrogens is 2. The zero-order chi connectivity index (χ0) is 69.8. The number of anilines is 6. The van der Waals surface area contributed by atoms with Gasteiger partial charge in [0.15, 0.2) is 0 Å². The number of hydrogen-bond donors (Lipinski definition) is 0. The summed E-state index contributed by atoms with van der Waals surface area (Å²) < 4.78 is 0. The summed E-state index contributed by atoms with van der Waals surface area (Å²) in [5.41, 5.74) is 27.0. The molecular formula is C102H64N4. The molecule has 4 heterocycles. The van der Waals surface area contributed by atoms with Crippen LogP contribution in [-0.2, 0) is 0 Å². The van der Waals surface area contributed by atoms with Gasteiger partial charge in [0.1, 0.15) is 0 Å². The van der Waals surface area contributed by atoms with Gasteiger partial charge in [0.25, 0.3) is 0 Å². The van der Waals surface area contributed by atoms with Gasteiger partial charge < -0.3 is 9.80 Å². The van der Waals surface area contributed by atoms with Crippen LogP contribution in [0.5, 0.6) is 0 Å². The highest BCUT2D eigenvalue weighted by molar-refractivity contribution is 6.27. The summed E-state index contributed by atoms with van der Waals surface area (Å²) in [6.45, 7) is 0. The molecule has 4 nitrogen and oxygen atoms in total. The van der Waals surface area contributed by atoms with Gasteiger partial charge >= 0.3 is 0 Å². The van der Waals surface area contributed by atoms with Crippen LogP contribution in [0.1, 0.15) is 0 Å². The summed E-state index contributed by atoms with van der Waals surface area (Å²) in [5, 5.41) is 19.0. The average molecular weight is 1350 g/mol. The molecule has 0 atom stereocenters. The third kappa shape index (κ3) is 10.1. The molecule has 0 saturated heterocycles. The van der Waals surface area contributed by atoms with Crippen molar-refractivity contribution >= 4 is 120 Å². The van der Waals surface area contributed by atoms with E-state index in [9.17, 15) is 0 Å². The number of hydrogen-bond acceptors (Lipinski definition) is 4. The molecule has 20 aromatic rings. The van der Waals surface area contributed by atoms with Gasteiger partial charge in [-0.05, 0) is 234 Å². The van der Waals surface area contributed by atoms with E-state index in [4.69, 9.17) is 9.97 Å². The average Bonchev–Trinajstić information content (AvgIpc) is 0.734. The Balaban J connectivity index is 0.000000136. The first-order valence-corrected chi connectivity index (χ1v) is 36.4. The summed E-state index contributed by atoms with van der Waals surface area (Å²) in [7, 11) is 0. The molecule has 106 heavy (non-hydrogen) atoms. The molecule has 22 rings (SSSR count). The predicted molar refractivity (Wildman–Crippen MR) is 448 cm³/mol. The lowest BCUT2D eigenvalue weighted by Crippen LogP contribution is -2.15. The van der Waals surface area contributed by atoms with Crippen LogP contribution in [0.25, 0.3) is 175 Å². The fourth-order valence-corrected chi connectivity index (χ4v) is 17.1. The lowest BCUT2D eigenvalue weighted by molar-refractivity contribution is 1.24. The number of nitrogens with zero attached hydrogens (tertiary/aromatic N) is 4. The minimum absolute atomic E-state index is 0.998. The van der Waals surface area contributed by atoms with Crippen LogP contribution in [0.4, 0.5) is 34.1 Å². The minimum atomic E-state index is 0.998. The second kappa shape index (κ2) is 24.9. The van der Waals surface area contributed by atoms with Crippen molar-refractivity contribution in [1.29, 1.82) is 0 Å². The first-order valence-electron chi connectivity index (χ1n) is 36.4. The lowest BCUT2D eigenvalue weighted by Gasteiger charge is -2.33. The van der Waals surface area contributed by atoms with Gasteiger partial charge in [-0.1, -0.05) is 279 Å². The minimum Gasteiger partial charge on any atom is -0.309 e. The van der Waals surface area contributed by atoms with Crippen LogP contribution in [-0.4, -0.2) is 9.97 Å². The van der Waals surface area contributed by atoms with Crippen LogP contribution in [0.2, 0.25) is 0 Å². The number of para-hydroxylation sites is 2. The van der Waals surface area contributed by atoms with Crippen molar-refractivity contribution < 1.29 is 0 Å². The molecule has 2 aliphatic heterocycles. The van der Waals surface area contributed by atoms with E-state index in [0.29, 0.717) is 0 Å². The highest BCUT2D eigenvalue weighted by Gasteiger charge is 2.30. The van der Waals surface area contributed by atoms with E-state index in [0.717, 1.165) is 39.3 Å². The summed E-state index contributed by atoms with van der Waals surface area (Å²) >= 11 is 0.